The van der Waals surface area contributed by atoms with E-state index in [1.807, 2.05) is 0 Å². The zero-order valence-corrected chi connectivity index (χ0v) is 11.5. The van der Waals surface area contributed by atoms with Crippen LogP contribution in [0.2, 0.25) is 5.02 Å². The van der Waals surface area contributed by atoms with Crippen LogP contribution in [0.15, 0.2) is 23.1 Å². The van der Waals surface area contributed by atoms with Crippen LogP contribution in [0.4, 0.5) is 5.69 Å². The molecule has 1 atom stereocenters. The molecule has 1 aromatic rings. The molecule has 0 amide bonds. The summed E-state index contributed by atoms with van der Waals surface area (Å²) in [6.45, 7) is 3.31. The lowest BCUT2D eigenvalue weighted by Gasteiger charge is -2.07. The summed E-state index contributed by atoms with van der Waals surface area (Å²) in [7, 11) is -1.15. The first-order valence-corrected chi connectivity index (χ1v) is 7.36. The van der Waals surface area contributed by atoms with Gasteiger partial charge in [-0.1, -0.05) is 24.9 Å². The van der Waals surface area contributed by atoms with E-state index in [2.05, 4.69) is 6.92 Å². The molecular formula is C12H18ClNO2S. The quantitative estimate of drug-likeness (QED) is 0.615. The van der Waals surface area contributed by atoms with E-state index in [1.54, 1.807) is 18.2 Å². The summed E-state index contributed by atoms with van der Waals surface area (Å²) in [5.41, 5.74) is 6.26. The standard InChI is InChI=1S/C12H18ClNO2S/c1-2-3-6-16-7-8-17(15)12-9-10(13)4-5-11(12)14/h4-5,9H,2-3,6-8,14H2,1H3. The summed E-state index contributed by atoms with van der Waals surface area (Å²) in [6, 6.07) is 5.02. The average molecular weight is 276 g/mol. The Morgan fingerprint density at radius 1 is 1.41 bits per heavy atom. The van der Waals surface area contributed by atoms with Gasteiger partial charge in [0.05, 0.1) is 28.1 Å². The SMILES string of the molecule is CCCCOCCS(=O)c1cc(Cl)ccc1N. The van der Waals surface area contributed by atoms with E-state index in [0.717, 1.165) is 19.4 Å². The average Bonchev–Trinajstić information content (AvgIpc) is 2.32. The van der Waals surface area contributed by atoms with Gasteiger partial charge in [0.2, 0.25) is 0 Å². The van der Waals surface area contributed by atoms with E-state index >= 15 is 0 Å². The van der Waals surface area contributed by atoms with Crippen LogP contribution in [0.5, 0.6) is 0 Å². The van der Waals surface area contributed by atoms with Crippen molar-refractivity contribution in [1.82, 2.24) is 0 Å². The molecule has 3 nitrogen and oxygen atoms in total. The van der Waals surface area contributed by atoms with Crippen molar-refractivity contribution in [3.05, 3.63) is 23.2 Å². The first-order valence-electron chi connectivity index (χ1n) is 5.66. The highest BCUT2D eigenvalue weighted by Crippen LogP contribution is 2.21. The van der Waals surface area contributed by atoms with Gasteiger partial charge in [0.15, 0.2) is 0 Å². The number of ether oxygens (including phenoxy) is 1. The number of hydrogen-bond acceptors (Lipinski definition) is 3. The van der Waals surface area contributed by atoms with E-state index < -0.39 is 10.8 Å². The first kappa shape index (κ1) is 14.5. The molecule has 17 heavy (non-hydrogen) atoms. The van der Waals surface area contributed by atoms with Crippen molar-refractivity contribution in [2.45, 2.75) is 24.7 Å². The van der Waals surface area contributed by atoms with Gasteiger partial charge in [0.1, 0.15) is 0 Å². The van der Waals surface area contributed by atoms with Crippen LogP contribution < -0.4 is 5.73 Å². The molecule has 0 bridgehead atoms. The van der Waals surface area contributed by atoms with Crippen molar-refractivity contribution in [3.8, 4) is 0 Å². The number of hydrogen-bond donors (Lipinski definition) is 1. The summed E-state index contributed by atoms with van der Waals surface area (Å²) in [4.78, 5) is 0.594. The number of rotatable bonds is 7. The summed E-state index contributed by atoms with van der Waals surface area (Å²) >= 11 is 5.84. The molecule has 0 saturated carbocycles. The molecular weight excluding hydrogens is 258 g/mol. The van der Waals surface area contributed by atoms with Crippen molar-refractivity contribution in [1.29, 1.82) is 0 Å². The van der Waals surface area contributed by atoms with Gasteiger partial charge in [-0.25, -0.2) is 0 Å². The van der Waals surface area contributed by atoms with Crippen molar-refractivity contribution >= 4 is 28.1 Å². The van der Waals surface area contributed by atoms with Crippen molar-refractivity contribution in [2.75, 3.05) is 24.7 Å². The second kappa shape index (κ2) is 7.69. The first-order chi connectivity index (χ1) is 8.15. The highest BCUT2D eigenvalue weighted by atomic mass is 35.5. The third kappa shape index (κ3) is 5.06. The molecule has 5 heteroatoms. The predicted molar refractivity (Wildman–Crippen MR) is 72.9 cm³/mol. The van der Waals surface area contributed by atoms with Gasteiger partial charge in [-0.05, 0) is 24.6 Å². The Bertz CT molecular complexity index is 385. The Morgan fingerprint density at radius 2 is 2.18 bits per heavy atom. The Kier molecular flexibility index (Phi) is 6.55. The minimum absolute atomic E-state index is 0.453. The largest absolute Gasteiger partial charge is 0.398 e. The highest BCUT2D eigenvalue weighted by molar-refractivity contribution is 7.85. The van der Waals surface area contributed by atoms with E-state index in [9.17, 15) is 4.21 Å². The summed E-state index contributed by atoms with van der Waals surface area (Å²) in [6.07, 6.45) is 2.14. The van der Waals surface area contributed by atoms with E-state index in [-0.39, 0.29) is 0 Å². The summed E-state index contributed by atoms with van der Waals surface area (Å²) < 4.78 is 17.3. The monoisotopic (exact) mass is 275 g/mol. The van der Waals surface area contributed by atoms with E-state index in [0.29, 0.717) is 28.0 Å². The Morgan fingerprint density at radius 3 is 2.88 bits per heavy atom. The van der Waals surface area contributed by atoms with E-state index in [4.69, 9.17) is 22.1 Å². The summed E-state index contributed by atoms with van der Waals surface area (Å²) in [5.74, 6) is 0.453. The van der Waals surface area contributed by atoms with Gasteiger partial charge in [-0.3, -0.25) is 4.21 Å². The van der Waals surface area contributed by atoms with Gasteiger partial charge in [0, 0.05) is 17.3 Å². The predicted octanol–water partition coefficient (Wildman–Crippen LogP) is 2.85. The molecule has 2 N–H and O–H groups in total. The molecule has 0 spiro atoms. The van der Waals surface area contributed by atoms with Crippen LogP contribution in [-0.2, 0) is 15.5 Å². The fraction of sp³-hybridized carbons (Fsp3) is 0.500. The lowest BCUT2D eigenvalue weighted by atomic mass is 10.3. The van der Waals surface area contributed by atoms with Crippen LogP contribution in [-0.4, -0.2) is 23.2 Å². The fourth-order valence-electron chi connectivity index (χ4n) is 1.30. The maximum Gasteiger partial charge on any atom is 0.0633 e. The minimum atomic E-state index is -1.15. The van der Waals surface area contributed by atoms with Crippen molar-refractivity contribution in [2.24, 2.45) is 0 Å². The smallest absolute Gasteiger partial charge is 0.0633 e. The molecule has 96 valence electrons. The fourth-order valence-corrected chi connectivity index (χ4v) is 2.61. The molecule has 0 aliphatic carbocycles. The van der Waals surface area contributed by atoms with Crippen molar-refractivity contribution < 1.29 is 8.95 Å². The van der Waals surface area contributed by atoms with Crippen molar-refractivity contribution in [3.63, 3.8) is 0 Å². The molecule has 0 aliphatic rings. The normalized spacial score (nSPS) is 12.6. The lowest BCUT2D eigenvalue weighted by molar-refractivity contribution is 0.146. The number of anilines is 1. The Labute approximate surface area is 110 Å². The van der Waals surface area contributed by atoms with Crippen LogP contribution in [0.25, 0.3) is 0 Å². The molecule has 0 heterocycles. The molecule has 0 fully saturated rings. The maximum atomic E-state index is 11.9. The van der Waals surface area contributed by atoms with Gasteiger partial charge in [0.25, 0.3) is 0 Å². The van der Waals surface area contributed by atoms with Crippen LogP contribution in [0, 0.1) is 0 Å². The molecule has 1 rings (SSSR count). The number of unbranched alkanes of at least 4 members (excludes halogenated alkanes) is 1. The molecule has 1 aromatic carbocycles. The zero-order chi connectivity index (χ0) is 12.7. The maximum absolute atomic E-state index is 11.9. The van der Waals surface area contributed by atoms with Crippen LogP contribution in [0.3, 0.4) is 0 Å². The second-order valence-corrected chi connectivity index (χ2v) is 5.67. The van der Waals surface area contributed by atoms with Crippen LogP contribution >= 0.6 is 11.6 Å². The zero-order valence-electron chi connectivity index (χ0n) is 9.95. The van der Waals surface area contributed by atoms with E-state index in [1.165, 1.54) is 0 Å². The minimum Gasteiger partial charge on any atom is -0.398 e. The number of nitrogen functional groups attached to an aromatic ring is 1. The third-order valence-electron chi connectivity index (χ3n) is 2.28. The van der Waals surface area contributed by atoms with Crippen LogP contribution in [0.1, 0.15) is 19.8 Å². The third-order valence-corrected chi connectivity index (χ3v) is 3.89. The topological polar surface area (TPSA) is 52.3 Å². The number of halogens is 1. The molecule has 0 radical (unpaired) electrons. The molecule has 0 aromatic heterocycles. The Hall–Kier alpha value is -0.580. The summed E-state index contributed by atoms with van der Waals surface area (Å²) in [5, 5.41) is 0.550. The van der Waals surface area contributed by atoms with Gasteiger partial charge in [-0.15, -0.1) is 0 Å². The van der Waals surface area contributed by atoms with Gasteiger partial charge < -0.3 is 10.5 Å². The number of nitrogens with two attached hydrogens (primary N) is 1. The number of benzene rings is 1. The van der Waals surface area contributed by atoms with Gasteiger partial charge >= 0.3 is 0 Å². The lowest BCUT2D eigenvalue weighted by Crippen LogP contribution is -2.08. The second-order valence-electron chi connectivity index (χ2n) is 3.70. The van der Waals surface area contributed by atoms with Gasteiger partial charge in [-0.2, -0.15) is 0 Å². The molecule has 0 aliphatic heterocycles. The Balaban J connectivity index is 2.44. The highest BCUT2D eigenvalue weighted by Gasteiger charge is 2.08. The molecule has 1 unspecified atom stereocenters. The molecule has 0 saturated heterocycles.